The van der Waals surface area contributed by atoms with Gasteiger partial charge in [0, 0.05) is 28.8 Å². The summed E-state index contributed by atoms with van der Waals surface area (Å²) in [6, 6.07) is 13.5. The van der Waals surface area contributed by atoms with Gasteiger partial charge in [0.2, 0.25) is 0 Å². The summed E-state index contributed by atoms with van der Waals surface area (Å²) in [5.41, 5.74) is 0.628. The van der Waals surface area contributed by atoms with Crippen molar-refractivity contribution in [3.63, 3.8) is 0 Å². The zero-order valence-corrected chi connectivity index (χ0v) is 15.2. The summed E-state index contributed by atoms with van der Waals surface area (Å²) in [6.45, 7) is 1.67. The van der Waals surface area contributed by atoms with Gasteiger partial charge in [0.15, 0.2) is 5.82 Å². The summed E-state index contributed by atoms with van der Waals surface area (Å²) in [5.74, 6) is 0.396. The number of carbonyl (C=O) groups excluding carboxylic acids is 1. The fourth-order valence-corrected chi connectivity index (χ4v) is 2.98. The van der Waals surface area contributed by atoms with Crippen LogP contribution in [0.5, 0.6) is 0 Å². The van der Waals surface area contributed by atoms with Crippen LogP contribution in [-0.2, 0) is 6.54 Å². The van der Waals surface area contributed by atoms with Gasteiger partial charge in [0.1, 0.15) is 0 Å². The summed E-state index contributed by atoms with van der Waals surface area (Å²) in [5, 5.41) is 9.22. The normalized spacial score (nSPS) is 11.2. The molecule has 1 heterocycles. The number of rotatable bonds is 5. The molecule has 3 aromatic rings. The SMILES string of the molecule is CN(C)CCn1ccc(NC(=O)c2cc(Br)cc3ccccc23)n1. The van der Waals surface area contributed by atoms with Crippen molar-refractivity contribution in [3.8, 4) is 0 Å². The summed E-state index contributed by atoms with van der Waals surface area (Å²) in [6.07, 6.45) is 1.87. The van der Waals surface area contributed by atoms with Crippen molar-refractivity contribution < 1.29 is 4.79 Å². The van der Waals surface area contributed by atoms with Crippen LogP contribution in [0.15, 0.2) is 53.1 Å². The van der Waals surface area contributed by atoms with E-state index in [-0.39, 0.29) is 5.91 Å². The number of benzene rings is 2. The Kier molecular flexibility index (Phi) is 4.97. The van der Waals surface area contributed by atoms with Crippen molar-refractivity contribution in [3.05, 3.63) is 58.7 Å². The fraction of sp³-hybridized carbons (Fsp3) is 0.222. The van der Waals surface area contributed by atoms with Crippen LogP contribution in [0.25, 0.3) is 10.8 Å². The Balaban J connectivity index is 1.80. The minimum Gasteiger partial charge on any atom is -0.308 e. The number of carbonyl (C=O) groups is 1. The van der Waals surface area contributed by atoms with Crippen LogP contribution in [0.4, 0.5) is 5.82 Å². The van der Waals surface area contributed by atoms with Crippen LogP contribution >= 0.6 is 15.9 Å². The largest absolute Gasteiger partial charge is 0.308 e. The number of nitrogens with one attached hydrogen (secondary N) is 1. The van der Waals surface area contributed by atoms with E-state index in [0.717, 1.165) is 28.3 Å². The van der Waals surface area contributed by atoms with E-state index in [2.05, 4.69) is 31.2 Å². The molecule has 0 radical (unpaired) electrons. The predicted octanol–water partition coefficient (Wildman–Crippen LogP) is 3.61. The van der Waals surface area contributed by atoms with Gasteiger partial charge in [-0.2, -0.15) is 5.10 Å². The Morgan fingerprint density at radius 1 is 1.25 bits per heavy atom. The van der Waals surface area contributed by atoms with Crippen LogP contribution in [0, 0.1) is 0 Å². The smallest absolute Gasteiger partial charge is 0.257 e. The molecule has 6 heteroatoms. The Morgan fingerprint density at radius 2 is 2.04 bits per heavy atom. The molecule has 5 nitrogen and oxygen atoms in total. The van der Waals surface area contributed by atoms with Crippen LogP contribution in [-0.4, -0.2) is 41.2 Å². The Hall–Kier alpha value is -2.18. The van der Waals surface area contributed by atoms with Crippen molar-refractivity contribution in [1.29, 1.82) is 0 Å². The first kappa shape index (κ1) is 16.7. The second-order valence-corrected chi connectivity index (χ2v) is 6.81. The lowest BCUT2D eigenvalue weighted by Crippen LogP contribution is -2.19. The second kappa shape index (κ2) is 7.15. The molecular weight excluding hydrogens is 368 g/mol. The highest BCUT2D eigenvalue weighted by Crippen LogP contribution is 2.25. The van der Waals surface area contributed by atoms with Crippen LogP contribution < -0.4 is 5.32 Å². The minimum atomic E-state index is -0.162. The zero-order valence-electron chi connectivity index (χ0n) is 13.7. The van der Waals surface area contributed by atoms with Gasteiger partial charge >= 0.3 is 0 Å². The van der Waals surface area contributed by atoms with E-state index in [0.29, 0.717) is 11.4 Å². The van der Waals surface area contributed by atoms with Gasteiger partial charge in [-0.25, -0.2) is 0 Å². The third kappa shape index (κ3) is 3.83. The molecule has 0 saturated carbocycles. The average Bonchev–Trinajstić information content (AvgIpc) is 2.99. The minimum absolute atomic E-state index is 0.162. The molecule has 0 aliphatic heterocycles. The van der Waals surface area contributed by atoms with E-state index < -0.39 is 0 Å². The van der Waals surface area contributed by atoms with Crippen molar-refractivity contribution in [2.24, 2.45) is 0 Å². The number of anilines is 1. The highest BCUT2D eigenvalue weighted by molar-refractivity contribution is 9.10. The topological polar surface area (TPSA) is 50.2 Å². The molecule has 1 aromatic heterocycles. The molecule has 0 bridgehead atoms. The second-order valence-electron chi connectivity index (χ2n) is 5.90. The molecule has 0 saturated heterocycles. The first-order valence-corrected chi connectivity index (χ1v) is 8.50. The summed E-state index contributed by atoms with van der Waals surface area (Å²) in [7, 11) is 4.04. The third-order valence-corrected chi connectivity index (χ3v) is 4.19. The third-order valence-electron chi connectivity index (χ3n) is 3.73. The van der Waals surface area contributed by atoms with Gasteiger partial charge in [-0.1, -0.05) is 40.2 Å². The molecule has 24 heavy (non-hydrogen) atoms. The number of aromatic nitrogens is 2. The standard InChI is InChI=1S/C18H19BrN4O/c1-22(2)9-10-23-8-7-17(21-23)20-18(24)16-12-14(19)11-13-5-3-4-6-15(13)16/h3-8,11-12H,9-10H2,1-2H3,(H,20,21,24). The number of hydrogen-bond donors (Lipinski definition) is 1. The number of hydrogen-bond acceptors (Lipinski definition) is 3. The van der Waals surface area contributed by atoms with Crippen molar-refractivity contribution in [2.75, 3.05) is 26.0 Å². The molecule has 1 N–H and O–H groups in total. The van der Waals surface area contributed by atoms with Crippen molar-refractivity contribution >= 4 is 38.4 Å². The van der Waals surface area contributed by atoms with E-state index in [4.69, 9.17) is 0 Å². The Morgan fingerprint density at radius 3 is 2.83 bits per heavy atom. The van der Waals surface area contributed by atoms with Gasteiger partial charge in [-0.3, -0.25) is 9.48 Å². The molecule has 0 spiro atoms. The molecule has 0 fully saturated rings. The maximum absolute atomic E-state index is 12.7. The first-order chi connectivity index (χ1) is 11.5. The lowest BCUT2D eigenvalue weighted by Gasteiger charge is -2.09. The van der Waals surface area contributed by atoms with E-state index in [1.807, 2.05) is 67.4 Å². The maximum Gasteiger partial charge on any atom is 0.257 e. The van der Waals surface area contributed by atoms with Gasteiger partial charge in [0.25, 0.3) is 5.91 Å². The summed E-state index contributed by atoms with van der Waals surface area (Å²) < 4.78 is 2.71. The number of nitrogens with zero attached hydrogens (tertiary/aromatic N) is 3. The van der Waals surface area contributed by atoms with E-state index in [1.165, 1.54) is 0 Å². The molecular formula is C18H19BrN4O. The number of likely N-dealkylation sites (N-methyl/N-ethyl adjacent to an activating group) is 1. The Bertz CT molecular complexity index is 872. The highest BCUT2D eigenvalue weighted by Gasteiger charge is 2.13. The van der Waals surface area contributed by atoms with Gasteiger partial charge in [-0.15, -0.1) is 0 Å². The van der Waals surface area contributed by atoms with Crippen LogP contribution in [0.3, 0.4) is 0 Å². The molecule has 0 aliphatic carbocycles. The summed E-state index contributed by atoms with van der Waals surface area (Å²) in [4.78, 5) is 14.8. The van der Waals surface area contributed by atoms with Crippen LogP contribution in [0.2, 0.25) is 0 Å². The van der Waals surface area contributed by atoms with E-state index in [9.17, 15) is 4.79 Å². The van der Waals surface area contributed by atoms with E-state index in [1.54, 1.807) is 0 Å². The molecule has 1 amide bonds. The zero-order chi connectivity index (χ0) is 17.1. The van der Waals surface area contributed by atoms with Gasteiger partial charge in [-0.05, 0) is 37.0 Å². The molecule has 2 aromatic carbocycles. The van der Waals surface area contributed by atoms with Crippen LogP contribution in [0.1, 0.15) is 10.4 Å². The monoisotopic (exact) mass is 386 g/mol. The maximum atomic E-state index is 12.7. The highest BCUT2D eigenvalue weighted by atomic mass is 79.9. The molecule has 0 atom stereocenters. The summed E-state index contributed by atoms with van der Waals surface area (Å²) >= 11 is 3.47. The molecule has 0 unspecified atom stereocenters. The number of fused-ring (bicyclic) bond motifs is 1. The lowest BCUT2D eigenvalue weighted by molar-refractivity contribution is 0.102. The lowest BCUT2D eigenvalue weighted by atomic mass is 10.0. The fourth-order valence-electron chi connectivity index (χ4n) is 2.50. The Labute approximate surface area is 149 Å². The molecule has 0 aliphatic rings. The quantitative estimate of drug-likeness (QED) is 0.728. The number of halogens is 1. The predicted molar refractivity (Wildman–Crippen MR) is 100 cm³/mol. The average molecular weight is 387 g/mol. The molecule has 3 rings (SSSR count). The first-order valence-electron chi connectivity index (χ1n) is 7.71. The molecule has 124 valence electrons. The van der Waals surface area contributed by atoms with Crippen molar-refractivity contribution in [2.45, 2.75) is 6.54 Å². The van der Waals surface area contributed by atoms with Crippen molar-refractivity contribution in [1.82, 2.24) is 14.7 Å². The number of amides is 1. The van der Waals surface area contributed by atoms with Gasteiger partial charge < -0.3 is 10.2 Å². The van der Waals surface area contributed by atoms with Gasteiger partial charge in [0.05, 0.1) is 6.54 Å². The van der Waals surface area contributed by atoms with E-state index >= 15 is 0 Å².